The van der Waals surface area contributed by atoms with E-state index in [2.05, 4.69) is 19.2 Å². The second-order valence-corrected chi connectivity index (χ2v) is 6.22. The van der Waals surface area contributed by atoms with Crippen molar-refractivity contribution in [3.63, 3.8) is 0 Å². The summed E-state index contributed by atoms with van der Waals surface area (Å²) >= 11 is 0. The Bertz CT molecular complexity index is 379. The van der Waals surface area contributed by atoms with Crippen molar-refractivity contribution in [3.8, 4) is 0 Å². The molecule has 2 rings (SSSR count). The van der Waals surface area contributed by atoms with Crippen LogP contribution in [-0.4, -0.2) is 6.54 Å². The summed E-state index contributed by atoms with van der Waals surface area (Å²) in [6, 6.07) is 7.30. The molecule has 20 heavy (non-hydrogen) atoms. The van der Waals surface area contributed by atoms with Crippen LogP contribution in [0.4, 0.5) is 4.39 Å². The SMILES string of the molecule is CCC1CCC(CNC(CC)c2ccc(F)cc2)CC1. The molecular formula is C18H28FN. The van der Waals surface area contributed by atoms with Gasteiger partial charge in [-0.05, 0) is 55.3 Å². The monoisotopic (exact) mass is 277 g/mol. The molecule has 1 N–H and O–H groups in total. The molecule has 1 saturated carbocycles. The van der Waals surface area contributed by atoms with Gasteiger partial charge in [-0.15, -0.1) is 0 Å². The third-order valence-corrected chi connectivity index (χ3v) is 4.88. The van der Waals surface area contributed by atoms with Gasteiger partial charge >= 0.3 is 0 Å². The molecule has 0 heterocycles. The van der Waals surface area contributed by atoms with Crippen molar-refractivity contribution >= 4 is 0 Å². The lowest BCUT2D eigenvalue weighted by Crippen LogP contribution is -2.29. The van der Waals surface area contributed by atoms with E-state index in [1.165, 1.54) is 37.7 Å². The number of rotatable bonds is 6. The Morgan fingerprint density at radius 3 is 2.20 bits per heavy atom. The van der Waals surface area contributed by atoms with Gasteiger partial charge in [0.1, 0.15) is 5.82 Å². The highest BCUT2D eigenvalue weighted by Gasteiger charge is 2.20. The highest BCUT2D eigenvalue weighted by molar-refractivity contribution is 5.19. The fourth-order valence-corrected chi connectivity index (χ4v) is 3.35. The molecule has 0 aliphatic heterocycles. The van der Waals surface area contributed by atoms with Crippen molar-refractivity contribution in [3.05, 3.63) is 35.6 Å². The van der Waals surface area contributed by atoms with Crippen LogP contribution >= 0.6 is 0 Å². The minimum absolute atomic E-state index is 0.151. The lowest BCUT2D eigenvalue weighted by atomic mass is 9.81. The Kier molecular flexibility index (Phi) is 6.03. The van der Waals surface area contributed by atoms with E-state index in [1.54, 1.807) is 12.1 Å². The molecule has 0 amide bonds. The Morgan fingerprint density at radius 2 is 1.65 bits per heavy atom. The maximum absolute atomic E-state index is 13.0. The normalized spacial score (nSPS) is 24.6. The number of nitrogens with one attached hydrogen (secondary N) is 1. The lowest BCUT2D eigenvalue weighted by Gasteiger charge is -2.29. The summed E-state index contributed by atoms with van der Waals surface area (Å²) in [5.74, 6) is 1.64. The van der Waals surface area contributed by atoms with Gasteiger partial charge in [0, 0.05) is 6.04 Å². The average Bonchev–Trinajstić information content (AvgIpc) is 2.50. The maximum atomic E-state index is 13.0. The molecule has 1 aromatic carbocycles. The van der Waals surface area contributed by atoms with Crippen LogP contribution in [0.3, 0.4) is 0 Å². The quantitative estimate of drug-likeness (QED) is 0.764. The third-order valence-electron chi connectivity index (χ3n) is 4.88. The fraction of sp³-hybridized carbons (Fsp3) is 0.667. The zero-order valence-electron chi connectivity index (χ0n) is 12.9. The van der Waals surface area contributed by atoms with E-state index in [9.17, 15) is 4.39 Å². The van der Waals surface area contributed by atoms with Gasteiger partial charge < -0.3 is 5.32 Å². The summed E-state index contributed by atoms with van der Waals surface area (Å²) < 4.78 is 13.0. The van der Waals surface area contributed by atoms with Crippen LogP contribution in [-0.2, 0) is 0 Å². The van der Waals surface area contributed by atoms with Gasteiger partial charge in [0.05, 0.1) is 0 Å². The second-order valence-electron chi connectivity index (χ2n) is 6.22. The smallest absolute Gasteiger partial charge is 0.123 e. The lowest BCUT2D eigenvalue weighted by molar-refractivity contribution is 0.256. The molecule has 1 unspecified atom stereocenters. The van der Waals surface area contributed by atoms with E-state index < -0.39 is 0 Å². The number of benzene rings is 1. The molecule has 1 fully saturated rings. The predicted molar refractivity (Wildman–Crippen MR) is 83.2 cm³/mol. The van der Waals surface area contributed by atoms with Crippen LogP contribution < -0.4 is 5.32 Å². The first-order valence-electron chi connectivity index (χ1n) is 8.21. The largest absolute Gasteiger partial charge is 0.310 e. The van der Waals surface area contributed by atoms with E-state index in [1.807, 2.05) is 12.1 Å². The van der Waals surface area contributed by atoms with Crippen LogP contribution in [0.2, 0.25) is 0 Å². The second kappa shape index (κ2) is 7.78. The molecule has 0 bridgehead atoms. The average molecular weight is 277 g/mol. The molecule has 1 aliphatic carbocycles. The molecule has 1 nitrogen and oxygen atoms in total. The molecule has 0 radical (unpaired) electrons. The number of hydrogen-bond donors (Lipinski definition) is 1. The summed E-state index contributed by atoms with van der Waals surface area (Å²) in [6.45, 7) is 5.60. The van der Waals surface area contributed by atoms with E-state index in [0.717, 1.165) is 24.8 Å². The highest BCUT2D eigenvalue weighted by Crippen LogP contribution is 2.30. The van der Waals surface area contributed by atoms with Gasteiger partial charge in [0.2, 0.25) is 0 Å². The minimum Gasteiger partial charge on any atom is -0.310 e. The third kappa shape index (κ3) is 4.31. The van der Waals surface area contributed by atoms with Crippen molar-refractivity contribution in [2.75, 3.05) is 6.54 Å². The van der Waals surface area contributed by atoms with Gasteiger partial charge in [-0.2, -0.15) is 0 Å². The van der Waals surface area contributed by atoms with Gasteiger partial charge in [-0.3, -0.25) is 0 Å². The van der Waals surface area contributed by atoms with Crippen LogP contribution in [0, 0.1) is 17.7 Å². The predicted octanol–water partition coefficient (Wildman–Crippen LogP) is 5.08. The van der Waals surface area contributed by atoms with Crippen molar-refractivity contribution < 1.29 is 4.39 Å². The van der Waals surface area contributed by atoms with Crippen molar-refractivity contribution in [2.24, 2.45) is 11.8 Å². The minimum atomic E-state index is -0.151. The van der Waals surface area contributed by atoms with Crippen molar-refractivity contribution in [1.29, 1.82) is 0 Å². The Morgan fingerprint density at radius 1 is 1.05 bits per heavy atom. The van der Waals surface area contributed by atoms with Gasteiger partial charge in [-0.1, -0.05) is 45.2 Å². The fourth-order valence-electron chi connectivity index (χ4n) is 3.35. The first kappa shape index (κ1) is 15.5. The summed E-state index contributed by atoms with van der Waals surface area (Å²) in [5, 5.41) is 3.69. The van der Waals surface area contributed by atoms with Gasteiger partial charge in [0.15, 0.2) is 0 Å². The topological polar surface area (TPSA) is 12.0 Å². The summed E-state index contributed by atoms with van der Waals surface area (Å²) in [7, 11) is 0. The van der Waals surface area contributed by atoms with E-state index in [4.69, 9.17) is 0 Å². The van der Waals surface area contributed by atoms with Crippen LogP contribution in [0.25, 0.3) is 0 Å². The summed E-state index contributed by atoms with van der Waals surface area (Å²) in [4.78, 5) is 0. The van der Waals surface area contributed by atoms with Gasteiger partial charge in [0.25, 0.3) is 0 Å². The Labute approximate surface area is 123 Å². The Hall–Kier alpha value is -0.890. The van der Waals surface area contributed by atoms with E-state index >= 15 is 0 Å². The van der Waals surface area contributed by atoms with E-state index in [0.29, 0.717) is 6.04 Å². The van der Waals surface area contributed by atoms with Crippen molar-refractivity contribution in [2.45, 2.75) is 58.4 Å². The zero-order valence-corrected chi connectivity index (χ0v) is 12.9. The Balaban J connectivity index is 1.81. The molecule has 1 atom stereocenters. The number of halogens is 1. The molecule has 1 aliphatic rings. The standard InChI is InChI=1S/C18H28FN/c1-3-14-5-7-15(8-6-14)13-20-18(4-2)16-9-11-17(19)12-10-16/h9-12,14-15,18,20H,3-8,13H2,1-2H3. The molecule has 112 valence electrons. The molecule has 0 saturated heterocycles. The molecule has 1 aromatic rings. The number of hydrogen-bond acceptors (Lipinski definition) is 1. The van der Waals surface area contributed by atoms with Gasteiger partial charge in [-0.25, -0.2) is 4.39 Å². The molecule has 2 heteroatoms. The molecule has 0 spiro atoms. The highest BCUT2D eigenvalue weighted by atomic mass is 19.1. The van der Waals surface area contributed by atoms with Crippen LogP contribution in [0.5, 0.6) is 0 Å². The van der Waals surface area contributed by atoms with E-state index in [-0.39, 0.29) is 5.82 Å². The molecule has 0 aromatic heterocycles. The van der Waals surface area contributed by atoms with Crippen LogP contribution in [0.1, 0.15) is 64.0 Å². The summed E-state index contributed by atoms with van der Waals surface area (Å²) in [5.41, 5.74) is 1.20. The van der Waals surface area contributed by atoms with Crippen molar-refractivity contribution in [1.82, 2.24) is 5.32 Å². The first-order valence-corrected chi connectivity index (χ1v) is 8.21. The zero-order chi connectivity index (χ0) is 14.4. The maximum Gasteiger partial charge on any atom is 0.123 e. The first-order chi connectivity index (χ1) is 9.72. The molecular weight excluding hydrogens is 249 g/mol. The van der Waals surface area contributed by atoms with Crippen LogP contribution in [0.15, 0.2) is 24.3 Å². The summed E-state index contributed by atoms with van der Waals surface area (Å²) in [6.07, 6.45) is 7.92.